The number of benzene rings is 1. The number of hydrogen-bond donors (Lipinski definition) is 2. The molecule has 2 atom stereocenters. The van der Waals surface area contributed by atoms with Gasteiger partial charge < -0.3 is 14.9 Å². The fourth-order valence-electron chi connectivity index (χ4n) is 1.96. The van der Waals surface area contributed by atoms with Crippen molar-refractivity contribution in [2.24, 2.45) is 0 Å². The van der Waals surface area contributed by atoms with Crippen LogP contribution < -0.4 is 4.74 Å². The fraction of sp³-hybridized carbons (Fsp3) is 0.286. The van der Waals surface area contributed by atoms with Crippen molar-refractivity contribution in [1.29, 1.82) is 0 Å². The molecule has 2 aromatic rings. The van der Waals surface area contributed by atoms with Crippen LogP contribution >= 0.6 is 11.3 Å². The van der Waals surface area contributed by atoms with Crippen LogP contribution in [0.3, 0.4) is 0 Å². The first-order valence-electron chi connectivity index (χ1n) is 6.62. The number of hydroxylamine groups is 2. The van der Waals surface area contributed by atoms with Gasteiger partial charge in [0.15, 0.2) is 0 Å². The Morgan fingerprint density at radius 3 is 3.00 bits per heavy atom. The lowest BCUT2D eigenvalue weighted by atomic mass is 10.1. The number of β-amino-alcohol motifs (C(OH)–C–C–N with tert-alkyl or cyclic N) is 1. The Hall–Kier alpha value is -2.00. The third-order valence-electron chi connectivity index (χ3n) is 3.12. The molecule has 8 heteroatoms. The van der Waals surface area contributed by atoms with Gasteiger partial charge in [0.1, 0.15) is 24.6 Å². The molecule has 7 nitrogen and oxygen atoms in total. The third kappa shape index (κ3) is 3.25. The van der Waals surface area contributed by atoms with E-state index < -0.39 is 18.1 Å². The molecule has 1 fully saturated rings. The lowest BCUT2D eigenvalue weighted by Crippen LogP contribution is -2.50. The van der Waals surface area contributed by atoms with Gasteiger partial charge in [0.2, 0.25) is 0 Å². The van der Waals surface area contributed by atoms with E-state index in [0.717, 1.165) is 5.06 Å². The standard InChI is InChI=1S/C14H14N2O5S/c17-11-7-16(20-8-12(11)18)13(19)9-2-1-3-10(6-9)21-14-15-4-5-22-14/h1-6,11-12,17-18H,7-8H2/t11-,12+/m0/s1. The number of aliphatic hydroxyl groups excluding tert-OH is 2. The van der Waals surface area contributed by atoms with Crippen LogP contribution in [0.5, 0.6) is 10.9 Å². The second-order valence-electron chi connectivity index (χ2n) is 4.72. The zero-order valence-corrected chi connectivity index (χ0v) is 12.3. The van der Waals surface area contributed by atoms with Gasteiger partial charge in [-0.15, -0.1) is 0 Å². The number of thiazole rings is 1. The molecule has 0 radical (unpaired) electrons. The largest absolute Gasteiger partial charge is 0.431 e. The van der Waals surface area contributed by atoms with Crippen LogP contribution in [0.2, 0.25) is 0 Å². The van der Waals surface area contributed by atoms with Gasteiger partial charge in [-0.1, -0.05) is 17.4 Å². The number of amides is 1. The molecule has 22 heavy (non-hydrogen) atoms. The molecule has 2 N–H and O–H groups in total. The topological polar surface area (TPSA) is 92.1 Å². The van der Waals surface area contributed by atoms with Gasteiger partial charge >= 0.3 is 0 Å². The highest BCUT2D eigenvalue weighted by Gasteiger charge is 2.30. The number of carbonyl (C=O) groups excluding carboxylic acids is 1. The Balaban J connectivity index is 1.73. The molecular formula is C14H14N2O5S. The van der Waals surface area contributed by atoms with Crippen LogP contribution in [0.4, 0.5) is 0 Å². The summed E-state index contributed by atoms with van der Waals surface area (Å²) in [5.41, 5.74) is 0.359. The second kappa shape index (κ2) is 6.41. The second-order valence-corrected chi connectivity index (χ2v) is 5.58. The average molecular weight is 322 g/mol. The fourth-order valence-corrected chi connectivity index (χ4v) is 2.47. The van der Waals surface area contributed by atoms with Crippen LogP contribution in [0.15, 0.2) is 35.8 Å². The summed E-state index contributed by atoms with van der Waals surface area (Å²) in [6.45, 7) is -0.209. The van der Waals surface area contributed by atoms with E-state index in [1.54, 1.807) is 35.8 Å². The molecule has 0 aliphatic carbocycles. The summed E-state index contributed by atoms with van der Waals surface area (Å²) in [5, 5.41) is 22.3. The molecule has 1 aliphatic rings. The van der Waals surface area contributed by atoms with E-state index in [9.17, 15) is 15.0 Å². The Bertz CT molecular complexity index is 648. The summed E-state index contributed by atoms with van der Waals surface area (Å²) in [7, 11) is 0. The van der Waals surface area contributed by atoms with E-state index in [1.165, 1.54) is 11.3 Å². The Labute approximate surface area is 130 Å². The van der Waals surface area contributed by atoms with Gasteiger partial charge in [-0.25, -0.2) is 10.0 Å². The lowest BCUT2D eigenvalue weighted by molar-refractivity contribution is -0.212. The number of aliphatic hydroxyl groups is 2. The molecule has 1 aliphatic heterocycles. The quantitative estimate of drug-likeness (QED) is 0.877. The minimum Gasteiger partial charge on any atom is -0.431 e. The first kappa shape index (κ1) is 14.9. The molecule has 0 saturated carbocycles. The van der Waals surface area contributed by atoms with Gasteiger partial charge in [-0.2, -0.15) is 0 Å². The van der Waals surface area contributed by atoms with Crippen LogP contribution in [0, 0.1) is 0 Å². The summed E-state index contributed by atoms with van der Waals surface area (Å²) >= 11 is 1.35. The molecule has 1 saturated heterocycles. The van der Waals surface area contributed by atoms with Crippen molar-refractivity contribution in [3.63, 3.8) is 0 Å². The molecule has 0 bridgehead atoms. The average Bonchev–Trinajstić information content (AvgIpc) is 3.02. The third-order valence-corrected chi connectivity index (χ3v) is 3.77. The van der Waals surface area contributed by atoms with Gasteiger partial charge in [-0.3, -0.25) is 9.63 Å². The zero-order chi connectivity index (χ0) is 15.5. The maximum absolute atomic E-state index is 12.3. The lowest BCUT2D eigenvalue weighted by Gasteiger charge is -2.32. The normalized spacial score (nSPS) is 21.6. The van der Waals surface area contributed by atoms with Crippen molar-refractivity contribution in [3.8, 4) is 10.9 Å². The number of aromatic nitrogens is 1. The van der Waals surface area contributed by atoms with Crippen molar-refractivity contribution < 1.29 is 24.6 Å². The minimum absolute atomic E-state index is 0.0857. The summed E-state index contributed by atoms with van der Waals surface area (Å²) in [6.07, 6.45) is -0.375. The Morgan fingerprint density at radius 1 is 1.41 bits per heavy atom. The molecule has 0 spiro atoms. The van der Waals surface area contributed by atoms with E-state index in [1.807, 2.05) is 0 Å². The molecule has 1 amide bonds. The van der Waals surface area contributed by atoms with Crippen molar-refractivity contribution in [2.75, 3.05) is 13.2 Å². The van der Waals surface area contributed by atoms with Gasteiger partial charge in [0.25, 0.3) is 11.1 Å². The zero-order valence-electron chi connectivity index (χ0n) is 11.5. The number of rotatable bonds is 3. The van der Waals surface area contributed by atoms with E-state index in [0.29, 0.717) is 16.5 Å². The van der Waals surface area contributed by atoms with Crippen molar-refractivity contribution in [3.05, 3.63) is 41.4 Å². The monoisotopic (exact) mass is 322 g/mol. The molecular weight excluding hydrogens is 308 g/mol. The van der Waals surface area contributed by atoms with Crippen molar-refractivity contribution >= 4 is 17.2 Å². The SMILES string of the molecule is O=C(c1cccc(Oc2nccs2)c1)N1C[C@H](O)[C@H](O)CO1. The van der Waals surface area contributed by atoms with Crippen LogP contribution in [-0.2, 0) is 4.84 Å². The predicted octanol–water partition coefficient (Wildman–Crippen LogP) is 1.04. The highest BCUT2D eigenvalue weighted by molar-refractivity contribution is 7.11. The summed E-state index contributed by atoms with van der Waals surface area (Å²) < 4.78 is 5.54. The van der Waals surface area contributed by atoms with E-state index in [2.05, 4.69) is 4.98 Å². The molecule has 1 aromatic heterocycles. The Kier molecular flexibility index (Phi) is 4.34. The number of ether oxygens (including phenoxy) is 1. The molecule has 1 aromatic carbocycles. The predicted molar refractivity (Wildman–Crippen MR) is 77.6 cm³/mol. The van der Waals surface area contributed by atoms with Gasteiger partial charge in [-0.05, 0) is 18.2 Å². The van der Waals surface area contributed by atoms with Crippen LogP contribution in [0.1, 0.15) is 10.4 Å². The van der Waals surface area contributed by atoms with Crippen LogP contribution in [0.25, 0.3) is 0 Å². The van der Waals surface area contributed by atoms with Gasteiger partial charge in [0, 0.05) is 17.1 Å². The smallest absolute Gasteiger partial charge is 0.278 e. The van der Waals surface area contributed by atoms with Crippen molar-refractivity contribution in [2.45, 2.75) is 12.2 Å². The summed E-state index contributed by atoms with van der Waals surface area (Å²) in [4.78, 5) is 21.5. The maximum atomic E-state index is 12.3. The highest BCUT2D eigenvalue weighted by Crippen LogP contribution is 2.24. The number of carbonyl (C=O) groups is 1. The maximum Gasteiger partial charge on any atom is 0.278 e. The van der Waals surface area contributed by atoms with E-state index in [4.69, 9.17) is 9.57 Å². The summed E-state index contributed by atoms with van der Waals surface area (Å²) in [6, 6.07) is 6.60. The number of hydrogen-bond acceptors (Lipinski definition) is 7. The van der Waals surface area contributed by atoms with Crippen LogP contribution in [-0.4, -0.2) is 51.5 Å². The van der Waals surface area contributed by atoms with Crippen molar-refractivity contribution in [1.82, 2.24) is 10.0 Å². The van der Waals surface area contributed by atoms with Gasteiger partial charge in [0.05, 0.1) is 6.54 Å². The van der Waals surface area contributed by atoms with E-state index in [-0.39, 0.29) is 13.2 Å². The molecule has 2 heterocycles. The molecule has 3 rings (SSSR count). The molecule has 116 valence electrons. The number of nitrogens with zero attached hydrogens (tertiary/aromatic N) is 2. The molecule has 0 unspecified atom stereocenters. The first-order chi connectivity index (χ1) is 10.6. The highest BCUT2D eigenvalue weighted by atomic mass is 32.1. The minimum atomic E-state index is -1.02. The van der Waals surface area contributed by atoms with E-state index >= 15 is 0 Å². The first-order valence-corrected chi connectivity index (χ1v) is 7.50. The summed E-state index contributed by atoms with van der Waals surface area (Å²) in [5.74, 6) is 0.0777. The Morgan fingerprint density at radius 2 is 2.27 bits per heavy atom.